The maximum Gasteiger partial charge on any atom is 0.329 e. The maximum atomic E-state index is 13.8. The zero-order valence-electron chi connectivity index (χ0n) is 12.1. The van der Waals surface area contributed by atoms with Crippen molar-refractivity contribution < 1.29 is 23.5 Å². The molecule has 0 bridgehead atoms. The molecule has 5 nitrogen and oxygen atoms in total. The molecule has 1 aromatic rings. The third-order valence-electron chi connectivity index (χ3n) is 3.13. The summed E-state index contributed by atoms with van der Waals surface area (Å²) in [4.78, 5) is 23.0. The van der Waals surface area contributed by atoms with E-state index in [0.717, 1.165) is 6.07 Å². The van der Waals surface area contributed by atoms with Gasteiger partial charge >= 0.3 is 12.0 Å². The van der Waals surface area contributed by atoms with Crippen molar-refractivity contribution in [1.29, 1.82) is 0 Å². The van der Waals surface area contributed by atoms with Crippen LogP contribution in [0, 0.1) is 18.6 Å². The molecule has 1 aromatic carbocycles. The lowest BCUT2D eigenvalue weighted by Crippen LogP contribution is -2.53. The molecule has 1 unspecified atom stereocenters. The molecule has 7 heteroatoms. The molecule has 0 saturated heterocycles. The van der Waals surface area contributed by atoms with Crippen molar-refractivity contribution in [2.24, 2.45) is 0 Å². The second kappa shape index (κ2) is 6.51. The molecule has 0 aliphatic carbocycles. The summed E-state index contributed by atoms with van der Waals surface area (Å²) < 4.78 is 27.3. The van der Waals surface area contributed by atoms with Crippen LogP contribution in [0.1, 0.15) is 32.3 Å². The number of nitrogens with one attached hydrogen (secondary N) is 2. The molecule has 1 atom stereocenters. The van der Waals surface area contributed by atoms with Crippen LogP contribution in [0.2, 0.25) is 0 Å². The number of amides is 2. The van der Waals surface area contributed by atoms with Crippen LogP contribution in [0.5, 0.6) is 0 Å². The number of carboxylic acids is 1. The second-order valence-electron chi connectivity index (χ2n) is 5.02. The molecule has 116 valence electrons. The summed E-state index contributed by atoms with van der Waals surface area (Å²) in [5.74, 6) is -3.04. The van der Waals surface area contributed by atoms with Gasteiger partial charge in [0.2, 0.25) is 0 Å². The van der Waals surface area contributed by atoms with E-state index in [1.165, 1.54) is 19.9 Å². The van der Waals surface area contributed by atoms with E-state index in [1.807, 2.05) is 5.32 Å². The summed E-state index contributed by atoms with van der Waals surface area (Å²) in [6.45, 7) is 4.53. The number of anilines is 1. The first-order chi connectivity index (χ1) is 9.71. The van der Waals surface area contributed by atoms with Crippen molar-refractivity contribution in [2.75, 3.05) is 5.32 Å². The fraction of sp³-hybridized carbons (Fsp3) is 0.429. The molecule has 3 N–H and O–H groups in total. The molecule has 2 amide bonds. The molecule has 0 spiro atoms. The summed E-state index contributed by atoms with van der Waals surface area (Å²) >= 11 is 0. The zero-order chi connectivity index (χ0) is 16.2. The van der Waals surface area contributed by atoms with E-state index in [9.17, 15) is 18.4 Å². The van der Waals surface area contributed by atoms with E-state index in [0.29, 0.717) is 6.42 Å². The predicted octanol–water partition coefficient (Wildman–Crippen LogP) is 3.04. The number of benzene rings is 1. The van der Waals surface area contributed by atoms with E-state index in [4.69, 9.17) is 5.11 Å². The number of halogens is 2. The molecule has 0 aliphatic heterocycles. The molecule has 0 saturated carbocycles. The molecule has 21 heavy (non-hydrogen) atoms. The van der Waals surface area contributed by atoms with E-state index in [1.54, 1.807) is 6.92 Å². The number of hydrogen-bond acceptors (Lipinski definition) is 2. The SMILES string of the molecule is CCCC(C)(NC(=O)Nc1c(F)ccc(C)c1F)C(=O)O. The quantitative estimate of drug-likeness (QED) is 0.782. The normalized spacial score (nSPS) is 13.4. The van der Waals surface area contributed by atoms with Crippen molar-refractivity contribution >= 4 is 17.7 Å². The van der Waals surface area contributed by atoms with Crippen LogP contribution >= 0.6 is 0 Å². The Balaban J connectivity index is 2.92. The first kappa shape index (κ1) is 16.9. The topological polar surface area (TPSA) is 78.4 Å². The number of rotatable bonds is 5. The van der Waals surface area contributed by atoms with Crippen LogP contribution in [0.25, 0.3) is 0 Å². The predicted molar refractivity (Wildman–Crippen MR) is 74.2 cm³/mol. The van der Waals surface area contributed by atoms with Gasteiger partial charge in [-0.2, -0.15) is 0 Å². The van der Waals surface area contributed by atoms with Gasteiger partial charge in [-0.3, -0.25) is 0 Å². The van der Waals surface area contributed by atoms with E-state index in [2.05, 4.69) is 5.32 Å². The maximum absolute atomic E-state index is 13.8. The van der Waals surface area contributed by atoms with Gasteiger partial charge < -0.3 is 15.7 Å². The van der Waals surface area contributed by atoms with Gasteiger partial charge in [0.1, 0.15) is 17.0 Å². The number of carbonyl (C=O) groups excluding carboxylic acids is 1. The van der Waals surface area contributed by atoms with E-state index >= 15 is 0 Å². The third kappa shape index (κ3) is 3.90. The number of carboxylic acid groups (broad SMARTS) is 1. The highest BCUT2D eigenvalue weighted by molar-refractivity contribution is 5.94. The molecular formula is C14H18F2N2O3. The van der Waals surface area contributed by atoms with Gasteiger partial charge in [0.15, 0.2) is 5.82 Å². The minimum Gasteiger partial charge on any atom is -0.480 e. The minimum atomic E-state index is -1.50. The first-order valence-electron chi connectivity index (χ1n) is 6.48. The fourth-order valence-corrected chi connectivity index (χ4v) is 1.89. The number of aliphatic carboxylic acids is 1. The average Bonchev–Trinajstić information content (AvgIpc) is 2.39. The summed E-state index contributed by atoms with van der Waals surface area (Å²) in [7, 11) is 0. The number of carbonyl (C=O) groups is 2. The Kier molecular flexibility index (Phi) is 5.23. The van der Waals surface area contributed by atoms with Gasteiger partial charge in [0, 0.05) is 0 Å². The van der Waals surface area contributed by atoms with Gasteiger partial charge in [0.25, 0.3) is 0 Å². The van der Waals surface area contributed by atoms with Crippen molar-refractivity contribution in [3.8, 4) is 0 Å². The molecule has 0 radical (unpaired) electrons. The fourth-order valence-electron chi connectivity index (χ4n) is 1.89. The molecule has 0 aromatic heterocycles. The molecular weight excluding hydrogens is 282 g/mol. The van der Waals surface area contributed by atoms with Crippen molar-refractivity contribution in [2.45, 2.75) is 39.2 Å². The lowest BCUT2D eigenvalue weighted by Gasteiger charge is -2.26. The van der Waals surface area contributed by atoms with Crippen LogP contribution in [-0.2, 0) is 4.79 Å². The second-order valence-corrected chi connectivity index (χ2v) is 5.02. The van der Waals surface area contributed by atoms with Crippen molar-refractivity contribution in [3.63, 3.8) is 0 Å². The van der Waals surface area contributed by atoms with E-state index in [-0.39, 0.29) is 12.0 Å². The first-order valence-corrected chi connectivity index (χ1v) is 6.48. The summed E-state index contributed by atoms with van der Waals surface area (Å²) in [6.07, 6.45) is 0.713. The Morgan fingerprint density at radius 1 is 1.33 bits per heavy atom. The van der Waals surface area contributed by atoms with Crippen LogP contribution in [0.15, 0.2) is 12.1 Å². The summed E-state index contributed by atoms with van der Waals surface area (Å²) in [5.41, 5.74) is -1.94. The van der Waals surface area contributed by atoms with Crippen LogP contribution in [0.3, 0.4) is 0 Å². The highest BCUT2D eigenvalue weighted by atomic mass is 19.1. The van der Waals surface area contributed by atoms with Crippen LogP contribution in [-0.4, -0.2) is 22.6 Å². The lowest BCUT2D eigenvalue weighted by molar-refractivity contribution is -0.143. The molecule has 0 heterocycles. The summed E-state index contributed by atoms with van der Waals surface area (Å²) in [6, 6.07) is 1.29. The monoisotopic (exact) mass is 300 g/mol. The van der Waals surface area contributed by atoms with Crippen molar-refractivity contribution in [3.05, 3.63) is 29.3 Å². The number of urea groups is 1. The third-order valence-corrected chi connectivity index (χ3v) is 3.13. The van der Waals surface area contributed by atoms with Crippen LogP contribution in [0.4, 0.5) is 19.3 Å². The molecule has 1 rings (SSSR count). The lowest BCUT2D eigenvalue weighted by atomic mass is 9.97. The van der Waals surface area contributed by atoms with Gasteiger partial charge in [-0.25, -0.2) is 18.4 Å². The number of hydrogen-bond donors (Lipinski definition) is 3. The largest absolute Gasteiger partial charge is 0.480 e. The Labute approximate surface area is 121 Å². The highest BCUT2D eigenvalue weighted by Crippen LogP contribution is 2.22. The Hall–Kier alpha value is -2.18. The van der Waals surface area contributed by atoms with Gasteiger partial charge in [-0.1, -0.05) is 19.4 Å². The van der Waals surface area contributed by atoms with Gasteiger partial charge in [0.05, 0.1) is 0 Å². The zero-order valence-corrected chi connectivity index (χ0v) is 12.1. The number of aryl methyl sites for hydroxylation is 1. The molecule has 0 fully saturated rings. The average molecular weight is 300 g/mol. The van der Waals surface area contributed by atoms with Gasteiger partial charge in [-0.05, 0) is 31.9 Å². The van der Waals surface area contributed by atoms with Crippen molar-refractivity contribution in [1.82, 2.24) is 5.32 Å². The minimum absolute atomic E-state index is 0.168. The Morgan fingerprint density at radius 2 is 1.95 bits per heavy atom. The standard InChI is InChI=1S/C14H18F2N2O3/c1-4-7-14(3,12(19)20)18-13(21)17-11-9(15)6-5-8(2)10(11)16/h5-6H,4,7H2,1-3H3,(H,19,20)(H2,17,18,21). The van der Waals surface area contributed by atoms with Gasteiger partial charge in [-0.15, -0.1) is 0 Å². The molecule has 0 aliphatic rings. The Morgan fingerprint density at radius 3 is 2.48 bits per heavy atom. The smallest absolute Gasteiger partial charge is 0.329 e. The Bertz CT molecular complexity index is 563. The summed E-state index contributed by atoms with van der Waals surface area (Å²) in [5, 5.41) is 13.4. The van der Waals surface area contributed by atoms with Crippen LogP contribution < -0.4 is 10.6 Å². The van der Waals surface area contributed by atoms with E-state index < -0.39 is 34.9 Å². The highest BCUT2D eigenvalue weighted by Gasteiger charge is 2.34.